The average molecular weight is 362 g/mol. The predicted octanol–water partition coefficient (Wildman–Crippen LogP) is 2.83. The second-order valence-corrected chi connectivity index (χ2v) is 5.53. The summed E-state index contributed by atoms with van der Waals surface area (Å²) in [5.74, 6) is 0.401. The lowest BCUT2D eigenvalue weighted by atomic mass is 10.2. The zero-order valence-corrected chi connectivity index (χ0v) is 14.4. The maximum atomic E-state index is 12.3. The molecule has 2 heterocycles. The van der Waals surface area contributed by atoms with Gasteiger partial charge < -0.3 is 16.0 Å². The molecule has 3 N–H and O–H groups in total. The number of urea groups is 1. The van der Waals surface area contributed by atoms with Crippen molar-refractivity contribution in [2.45, 2.75) is 0 Å². The summed E-state index contributed by atoms with van der Waals surface area (Å²) >= 11 is 0. The number of benzene rings is 1. The smallest absolute Gasteiger partial charge is 0.319 e. The van der Waals surface area contributed by atoms with Crippen LogP contribution < -0.4 is 16.0 Å². The van der Waals surface area contributed by atoms with Crippen LogP contribution in [0.15, 0.2) is 74.0 Å². The highest BCUT2D eigenvalue weighted by Gasteiger charge is 2.08. The van der Waals surface area contributed by atoms with Crippen molar-refractivity contribution in [1.29, 1.82) is 0 Å². The first-order valence-electron chi connectivity index (χ1n) is 8.17. The first kappa shape index (κ1) is 17.9. The third-order valence-corrected chi connectivity index (χ3v) is 3.59. The summed E-state index contributed by atoms with van der Waals surface area (Å²) in [6.45, 7) is 3.91. The molecule has 8 heteroatoms. The topological polar surface area (TPSA) is 101 Å². The Morgan fingerprint density at radius 1 is 1.07 bits per heavy atom. The van der Waals surface area contributed by atoms with E-state index in [-0.39, 0.29) is 11.9 Å². The highest BCUT2D eigenvalue weighted by atomic mass is 16.2. The van der Waals surface area contributed by atoms with Crippen LogP contribution in [0.25, 0.3) is 5.82 Å². The minimum absolute atomic E-state index is 0.274. The normalized spacial score (nSPS) is 10.1. The number of imidazole rings is 1. The van der Waals surface area contributed by atoms with Crippen LogP contribution in [0.5, 0.6) is 0 Å². The van der Waals surface area contributed by atoms with E-state index in [0.717, 1.165) is 0 Å². The van der Waals surface area contributed by atoms with Gasteiger partial charge in [0.2, 0.25) is 0 Å². The van der Waals surface area contributed by atoms with Crippen LogP contribution in [0.1, 0.15) is 10.4 Å². The number of anilines is 2. The van der Waals surface area contributed by atoms with Crippen LogP contribution in [-0.4, -0.2) is 33.0 Å². The zero-order chi connectivity index (χ0) is 19.1. The van der Waals surface area contributed by atoms with Crippen molar-refractivity contribution in [3.05, 3.63) is 79.5 Å². The van der Waals surface area contributed by atoms with Gasteiger partial charge in [-0.25, -0.2) is 14.8 Å². The van der Waals surface area contributed by atoms with Gasteiger partial charge in [-0.05, 0) is 36.4 Å². The van der Waals surface area contributed by atoms with Gasteiger partial charge in [0.05, 0.1) is 5.56 Å². The van der Waals surface area contributed by atoms with Crippen LogP contribution in [0.3, 0.4) is 0 Å². The summed E-state index contributed by atoms with van der Waals surface area (Å²) in [4.78, 5) is 32.1. The lowest BCUT2D eigenvalue weighted by Crippen LogP contribution is -2.28. The molecule has 0 aliphatic heterocycles. The third-order valence-electron chi connectivity index (χ3n) is 3.59. The molecule has 0 saturated heterocycles. The molecular formula is C19H18N6O2. The van der Waals surface area contributed by atoms with E-state index < -0.39 is 0 Å². The molecule has 3 aromatic rings. The van der Waals surface area contributed by atoms with E-state index in [1.165, 1.54) is 6.20 Å². The average Bonchev–Trinajstić information content (AvgIpc) is 3.23. The van der Waals surface area contributed by atoms with E-state index in [4.69, 9.17) is 0 Å². The largest absolute Gasteiger partial charge is 0.334 e. The van der Waals surface area contributed by atoms with Crippen LogP contribution in [0.2, 0.25) is 0 Å². The van der Waals surface area contributed by atoms with Gasteiger partial charge in [0.25, 0.3) is 5.91 Å². The Labute approximate surface area is 156 Å². The van der Waals surface area contributed by atoms with Crippen molar-refractivity contribution >= 4 is 23.3 Å². The Balaban J connectivity index is 1.59. The van der Waals surface area contributed by atoms with Crippen LogP contribution in [0.4, 0.5) is 16.2 Å². The van der Waals surface area contributed by atoms with Crippen LogP contribution in [0, 0.1) is 0 Å². The number of nitrogens with one attached hydrogen (secondary N) is 3. The van der Waals surface area contributed by atoms with Crippen molar-refractivity contribution in [3.8, 4) is 5.82 Å². The van der Waals surface area contributed by atoms with Crippen molar-refractivity contribution in [1.82, 2.24) is 19.9 Å². The summed E-state index contributed by atoms with van der Waals surface area (Å²) in [5.41, 5.74) is 1.65. The predicted molar refractivity (Wildman–Crippen MR) is 103 cm³/mol. The molecule has 3 rings (SSSR count). The Kier molecular flexibility index (Phi) is 5.58. The first-order chi connectivity index (χ1) is 13.2. The van der Waals surface area contributed by atoms with E-state index in [1.807, 2.05) is 0 Å². The Hall–Kier alpha value is -3.94. The third kappa shape index (κ3) is 4.79. The molecule has 136 valence electrons. The van der Waals surface area contributed by atoms with Crippen molar-refractivity contribution in [2.75, 3.05) is 17.2 Å². The molecule has 0 aliphatic carbocycles. The monoisotopic (exact) mass is 362 g/mol. The molecule has 3 amide bonds. The number of hydrogen-bond acceptors (Lipinski definition) is 4. The van der Waals surface area contributed by atoms with Crippen LogP contribution in [-0.2, 0) is 0 Å². The number of nitrogens with zero attached hydrogens (tertiary/aromatic N) is 3. The van der Waals surface area contributed by atoms with Crippen LogP contribution >= 0.6 is 0 Å². The highest BCUT2D eigenvalue weighted by molar-refractivity contribution is 6.04. The van der Waals surface area contributed by atoms with Gasteiger partial charge in [-0.2, -0.15) is 0 Å². The van der Waals surface area contributed by atoms with Gasteiger partial charge in [0, 0.05) is 36.5 Å². The maximum absolute atomic E-state index is 12.3. The summed E-state index contributed by atoms with van der Waals surface area (Å²) in [6, 6.07) is 9.91. The molecular weight excluding hydrogens is 344 g/mol. The molecule has 8 nitrogen and oxygen atoms in total. The van der Waals surface area contributed by atoms with E-state index >= 15 is 0 Å². The number of hydrogen-bond donors (Lipinski definition) is 3. The molecule has 0 bridgehead atoms. The second-order valence-electron chi connectivity index (χ2n) is 5.53. The SMILES string of the molecule is C=CCNC(=O)Nc1ccc(NC(=O)c2ccc(-n3ccnc3)nc2)cc1. The molecule has 0 aliphatic rings. The Morgan fingerprint density at radius 2 is 1.81 bits per heavy atom. The van der Waals surface area contributed by atoms with E-state index in [2.05, 4.69) is 32.5 Å². The molecule has 0 spiro atoms. The van der Waals surface area contributed by atoms with Gasteiger partial charge >= 0.3 is 6.03 Å². The summed E-state index contributed by atoms with van der Waals surface area (Å²) in [5, 5.41) is 8.08. The van der Waals surface area contributed by atoms with E-state index in [9.17, 15) is 9.59 Å². The fourth-order valence-corrected chi connectivity index (χ4v) is 2.25. The van der Waals surface area contributed by atoms with Crippen molar-refractivity contribution in [2.24, 2.45) is 0 Å². The lowest BCUT2D eigenvalue weighted by molar-refractivity contribution is 0.102. The first-order valence-corrected chi connectivity index (χ1v) is 8.17. The number of amides is 3. The summed E-state index contributed by atoms with van der Waals surface area (Å²) in [6.07, 6.45) is 8.16. The lowest BCUT2D eigenvalue weighted by Gasteiger charge is -2.09. The number of pyridine rings is 1. The maximum Gasteiger partial charge on any atom is 0.319 e. The molecule has 0 atom stereocenters. The fourth-order valence-electron chi connectivity index (χ4n) is 2.25. The minimum atomic E-state index is -0.323. The molecule has 0 saturated carbocycles. The van der Waals surface area contributed by atoms with Gasteiger partial charge in [0.15, 0.2) is 0 Å². The Morgan fingerprint density at radius 3 is 2.41 bits per heavy atom. The fraction of sp³-hybridized carbons (Fsp3) is 0.0526. The van der Waals surface area contributed by atoms with Crippen molar-refractivity contribution in [3.63, 3.8) is 0 Å². The molecule has 2 aromatic heterocycles. The molecule has 0 radical (unpaired) electrons. The number of rotatable bonds is 6. The van der Waals surface area contributed by atoms with Gasteiger partial charge in [-0.3, -0.25) is 9.36 Å². The second kappa shape index (κ2) is 8.43. The Bertz CT molecular complexity index is 918. The van der Waals surface area contributed by atoms with E-state index in [0.29, 0.717) is 29.3 Å². The summed E-state index contributed by atoms with van der Waals surface area (Å²) < 4.78 is 1.75. The number of carbonyl (C=O) groups excluding carboxylic acids is 2. The standard InChI is InChI=1S/C19H18N6O2/c1-2-9-21-19(27)24-16-6-4-15(5-7-16)23-18(26)14-3-8-17(22-12-14)25-11-10-20-13-25/h2-8,10-13H,1,9H2,(H,23,26)(H2,21,24,27). The highest BCUT2D eigenvalue weighted by Crippen LogP contribution is 2.15. The quantitative estimate of drug-likeness (QED) is 0.587. The minimum Gasteiger partial charge on any atom is -0.334 e. The molecule has 0 unspecified atom stereocenters. The molecule has 27 heavy (non-hydrogen) atoms. The van der Waals surface area contributed by atoms with E-state index in [1.54, 1.807) is 65.8 Å². The number of aromatic nitrogens is 3. The van der Waals surface area contributed by atoms with Gasteiger partial charge in [-0.1, -0.05) is 6.08 Å². The zero-order valence-electron chi connectivity index (χ0n) is 14.4. The van der Waals surface area contributed by atoms with Crippen molar-refractivity contribution < 1.29 is 9.59 Å². The summed E-state index contributed by atoms with van der Waals surface area (Å²) in [7, 11) is 0. The van der Waals surface area contributed by atoms with Gasteiger partial charge in [0.1, 0.15) is 12.1 Å². The molecule has 0 fully saturated rings. The van der Waals surface area contributed by atoms with Gasteiger partial charge in [-0.15, -0.1) is 6.58 Å². The molecule has 1 aromatic carbocycles. The number of carbonyl (C=O) groups is 2.